The Morgan fingerprint density at radius 3 is 2.60 bits per heavy atom. The summed E-state index contributed by atoms with van der Waals surface area (Å²) in [6.07, 6.45) is 4.69. The van der Waals surface area contributed by atoms with Crippen molar-refractivity contribution in [3.05, 3.63) is 124 Å². The molecule has 5 aromatic rings. The Hall–Kier alpha value is -5.77. The molecule has 0 unspecified atom stereocenters. The molecule has 0 fully saturated rings. The maximum absolute atomic E-state index is 13.9. The average Bonchev–Trinajstić information content (AvgIpc) is 3.75. The Morgan fingerprint density at radius 2 is 1.73 bits per heavy atom. The van der Waals surface area contributed by atoms with E-state index in [0.717, 1.165) is 24.8 Å². The van der Waals surface area contributed by atoms with E-state index < -0.39 is 5.56 Å². The van der Waals surface area contributed by atoms with Gasteiger partial charge in [-0.1, -0.05) is 18.2 Å². The van der Waals surface area contributed by atoms with Crippen LogP contribution in [0.1, 0.15) is 33.5 Å². The van der Waals surface area contributed by atoms with E-state index in [1.807, 2.05) is 30.3 Å². The van der Waals surface area contributed by atoms with E-state index in [9.17, 15) is 9.59 Å². The Morgan fingerprint density at radius 1 is 0.911 bits per heavy atom. The number of ether oxygens (including phenoxy) is 4. The van der Waals surface area contributed by atoms with E-state index in [1.165, 1.54) is 22.0 Å². The first-order chi connectivity index (χ1) is 22.0. The van der Waals surface area contributed by atoms with E-state index in [0.29, 0.717) is 46.5 Å². The van der Waals surface area contributed by atoms with Gasteiger partial charge in [-0.05, 0) is 103 Å². The first-order valence-corrected chi connectivity index (χ1v) is 14.6. The summed E-state index contributed by atoms with van der Waals surface area (Å²) in [5.74, 6) is 2.62. The van der Waals surface area contributed by atoms with Crippen molar-refractivity contribution in [2.75, 3.05) is 19.2 Å². The molecule has 2 aliphatic rings. The maximum Gasteiger partial charge on any atom is 0.299 e. The molecule has 2 heterocycles. The number of aromatic nitrogens is 2. The summed E-state index contributed by atoms with van der Waals surface area (Å²) in [4.78, 5) is 27.0. The first kappa shape index (κ1) is 28.0. The van der Waals surface area contributed by atoms with Gasteiger partial charge in [0.2, 0.25) is 6.79 Å². The molecule has 1 aliphatic carbocycles. The number of anilines is 2. The number of hydrogen-bond acceptors (Lipinski definition) is 8. The summed E-state index contributed by atoms with van der Waals surface area (Å²) >= 11 is 0. The number of hydrogen-bond donors (Lipinski definition) is 2. The number of rotatable bonds is 9. The third-order valence-corrected chi connectivity index (χ3v) is 7.84. The molecule has 10 nitrogen and oxygen atoms in total. The lowest BCUT2D eigenvalue weighted by atomic mass is 10.1. The second-order valence-corrected chi connectivity index (χ2v) is 10.8. The van der Waals surface area contributed by atoms with E-state index in [1.54, 1.807) is 55.6 Å². The molecule has 0 spiro atoms. The molecule has 0 radical (unpaired) electrons. The predicted octanol–water partition coefficient (Wildman–Crippen LogP) is 5.92. The van der Waals surface area contributed by atoms with Crippen LogP contribution in [0.5, 0.6) is 28.7 Å². The van der Waals surface area contributed by atoms with Gasteiger partial charge in [-0.15, -0.1) is 0 Å². The predicted molar refractivity (Wildman–Crippen MR) is 168 cm³/mol. The fraction of sp³-hybridized carbons (Fsp3) is 0.171. The van der Waals surface area contributed by atoms with Gasteiger partial charge in [0.15, 0.2) is 22.9 Å². The minimum absolute atomic E-state index is 0.180. The normalized spacial score (nSPS) is 12.8. The van der Waals surface area contributed by atoms with Gasteiger partial charge in [-0.3, -0.25) is 9.59 Å². The summed E-state index contributed by atoms with van der Waals surface area (Å²) in [7, 11) is 1.58. The molecular weight excluding hydrogens is 572 g/mol. The highest BCUT2D eigenvalue weighted by Crippen LogP contribution is 2.34. The van der Waals surface area contributed by atoms with Crippen molar-refractivity contribution < 1.29 is 23.7 Å². The van der Waals surface area contributed by atoms with Crippen molar-refractivity contribution in [3.8, 4) is 34.4 Å². The second-order valence-electron chi connectivity index (χ2n) is 10.8. The van der Waals surface area contributed by atoms with Crippen molar-refractivity contribution in [2.24, 2.45) is 0 Å². The number of aryl methyl sites for hydroxylation is 2. The van der Waals surface area contributed by atoms with Crippen LogP contribution in [0.4, 0.5) is 11.4 Å². The molecule has 0 bridgehead atoms. The Balaban J connectivity index is 1.16. The van der Waals surface area contributed by atoms with Crippen LogP contribution in [0.15, 0.2) is 95.9 Å². The lowest BCUT2D eigenvalue weighted by Crippen LogP contribution is -2.24. The number of benzene rings is 4. The number of amides is 1. The number of nitrogens with zero attached hydrogens (tertiary/aromatic N) is 2. The Labute approximate surface area is 259 Å². The van der Waals surface area contributed by atoms with Crippen molar-refractivity contribution in [2.45, 2.75) is 25.8 Å². The lowest BCUT2D eigenvalue weighted by Gasteiger charge is -2.16. The van der Waals surface area contributed by atoms with E-state index in [-0.39, 0.29) is 24.1 Å². The fourth-order valence-corrected chi connectivity index (χ4v) is 5.49. The van der Waals surface area contributed by atoms with E-state index in [2.05, 4.69) is 21.8 Å². The number of nitrogens with one attached hydrogen (secondary N) is 2. The zero-order valence-corrected chi connectivity index (χ0v) is 24.5. The van der Waals surface area contributed by atoms with E-state index >= 15 is 0 Å². The number of carbonyl (C=O) groups is 1. The molecule has 0 atom stereocenters. The summed E-state index contributed by atoms with van der Waals surface area (Å²) in [6, 6.07) is 25.5. The van der Waals surface area contributed by atoms with Crippen LogP contribution in [-0.4, -0.2) is 29.6 Å². The average molecular weight is 603 g/mol. The van der Waals surface area contributed by atoms with Gasteiger partial charge in [0.05, 0.1) is 19.0 Å². The molecule has 0 saturated heterocycles. The highest BCUT2D eigenvalue weighted by Gasteiger charge is 2.19. The quantitative estimate of drug-likeness (QED) is 0.214. The number of fused-ring (bicyclic) bond motifs is 2. The van der Waals surface area contributed by atoms with Crippen molar-refractivity contribution in [1.82, 2.24) is 15.1 Å². The van der Waals surface area contributed by atoms with Crippen LogP contribution in [-0.2, 0) is 19.4 Å². The van der Waals surface area contributed by atoms with Crippen LogP contribution < -0.4 is 35.1 Å². The van der Waals surface area contributed by atoms with Crippen LogP contribution >= 0.6 is 0 Å². The minimum atomic E-state index is -0.420. The van der Waals surface area contributed by atoms with Gasteiger partial charge in [-0.25, -0.2) is 0 Å². The van der Waals surface area contributed by atoms with Crippen LogP contribution in [0.2, 0.25) is 0 Å². The van der Waals surface area contributed by atoms with Gasteiger partial charge >= 0.3 is 0 Å². The number of carbonyl (C=O) groups excluding carboxylic acids is 1. The molecule has 10 heteroatoms. The lowest BCUT2D eigenvalue weighted by molar-refractivity contribution is 0.0951. The molecule has 2 N–H and O–H groups in total. The SMILES string of the molecule is COc1ccc(-n2ncc(Oc3ccc4c(c3)CCC4)c(Nc3cccc(C(=O)NCc4ccc5c(c4)OCO5)c3)c2=O)cc1. The van der Waals surface area contributed by atoms with Gasteiger partial charge in [0, 0.05) is 17.8 Å². The highest BCUT2D eigenvalue weighted by molar-refractivity contribution is 5.95. The smallest absolute Gasteiger partial charge is 0.299 e. The monoisotopic (exact) mass is 602 g/mol. The molecule has 45 heavy (non-hydrogen) atoms. The first-order valence-electron chi connectivity index (χ1n) is 14.6. The second kappa shape index (κ2) is 12.1. The topological polar surface area (TPSA) is 113 Å². The minimum Gasteiger partial charge on any atom is -0.497 e. The molecule has 4 aromatic carbocycles. The van der Waals surface area contributed by atoms with Crippen LogP contribution in [0.3, 0.4) is 0 Å². The van der Waals surface area contributed by atoms with E-state index in [4.69, 9.17) is 18.9 Å². The summed E-state index contributed by atoms with van der Waals surface area (Å²) in [6.45, 7) is 0.497. The van der Waals surface area contributed by atoms with Gasteiger partial charge < -0.3 is 29.6 Å². The number of methoxy groups -OCH3 is 1. The van der Waals surface area contributed by atoms with Gasteiger partial charge in [-0.2, -0.15) is 9.78 Å². The third kappa shape index (κ3) is 5.90. The van der Waals surface area contributed by atoms with Crippen LogP contribution in [0.25, 0.3) is 5.69 Å². The summed E-state index contributed by atoms with van der Waals surface area (Å²) in [5.41, 5.74) is 4.73. The zero-order chi connectivity index (χ0) is 30.8. The van der Waals surface area contributed by atoms with Gasteiger partial charge in [0.25, 0.3) is 11.5 Å². The maximum atomic E-state index is 13.9. The van der Waals surface area contributed by atoms with Crippen LogP contribution in [0, 0.1) is 0 Å². The summed E-state index contributed by atoms with van der Waals surface area (Å²) in [5, 5.41) is 10.6. The zero-order valence-electron chi connectivity index (χ0n) is 24.5. The van der Waals surface area contributed by atoms with Crippen molar-refractivity contribution >= 4 is 17.3 Å². The molecular formula is C35H30N4O6. The Bertz CT molecular complexity index is 1950. The molecule has 1 aliphatic heterocycles. The highest BCUT2D eigenvalue weighted by atomic mass is 16.7. The summed E-state index contributed by atoms with van der Waals surface area (Å²) < 4.78 is 23.6. The molecule has 1 aromatic heterocycles. The largest absolute Gasteiger partial charge is 0.497 e. The standard InChI is InChI=1S/C35H30N4O6/c1-42-28-13-10-27(11-14-28)39-35(41)33(32(20-37-39)45-29-12-9-23-4-2-5-24(23)18-29)38-26-7-3-6-25(17-26)34(40)36-19-22-8-15-30-31(16-22)44-21-43-30/h3,6-18,20,38H,2,4-5,19,21H2,1H3,(H,36,40). The molecule has 1 amide bonds. The molecule has 7 rings (SSSR count). The van der Waals surface area contributed by atoms with Gasteiger partial charge in [0.1, 0.15) is 11.5 Å². The molecule has 226 valence electrons. The third-order valence-electron chi connectivity index (χ3n) is 7.84. The fourth-order valence-electron chi connectivity index (χ4n) is 5.49. The van der Waals surface area contributed by atoms with Crippen molar-refractivity contribution in [3.63, 3.8) is 0 Å². The van der Waals surface area contributed by atoms with Crippen molar-refractivity contribution in [1.29, 1.82) is 0 Å². The molecule has 0 saturated carbocycles. The Kier molecular flexibility index (Phi) is 7.52.